The van der Waals surface area contributed by atoms with Crippen LogP contribution in [-0.4, -0.2) is 59.7 Å². The molecule has 2 heterocycles. The fourth-order valence-corrected chi connectivity index (χ4v) is 5.46. The molecule has 1 aromatic carbocycles. The fourth-order valence-electron chi connectivity index (χ4n) is 4.53. The Labute approximate surface area is 209 Å². The van der Waals surface area contributed by atoms with Crippen molar-refractivity contribution in [2.24, 2.45) is 0 Å². The summed E-state index contributed by atoms with van der Waals surface area (Å²) in [5.41, 5.74) is 2.49. The van der Waals surface area contributed by atoms with Crippen LogP contribution in [0.3, 0.4) is 0 Å². The number of carbonyl (C=O) groups is 1. The first-order valence-corrected chi connectivity index (χ1v) is 13.4. The van der Waals surface area contributed by atoms with Crippen LogP contribution in [0.2, 0.25) is 0 Å². The van der Waals surface area contributed by atoms with Crippen molar-refractivity contribution in [3.8, 4) is 5.75 Å². The highest BCUT2D eigenvalue weighted by Crippen LogP contribution is 2.34. The van der Waals surface area contributed by atoms with Crippen LogP contribution in [0.25, 0.3) is 0 Å². The number of allylic oxidation sites excluding steroid dienone is 1. The molecule has 5 nitrogen and oxygen atoms in total. The second-order valence-electron chi connectivity index (χ2n) is 9.44. The number of carbonyl (C=O) groups excluding carboxylic acids is 1. The van der Waals surface area contributed by atoms with Crippen molar-refractivity contribution in [2.75, 3.05) is 32.8 Å². The number of hydrogen-bond acceptors (Lipinski definition) is 5. The van der Waals surface area contributed by atoms with E-state index in [0.29, 0.717) is 38.6 Å². The summed E-state index contributed by atoms with van der Waals surface area (Å²) in [6.07, 6.45) is 4.65. The van der Waals surface area contributed by atoms with Gasteiger partial charge in [-0.25, -0.2) is 0 Å². The summed E-state index contributed by atoms with van der Waals surface area (Å²) in [6, 6.07) is 10.3. The van der Waals surface area contributed by atoms with Gasteiger partial charge in [-0.05, 0) is 72.9 Å². The molecule has 1 aromatic heterocycles. The normalized spacial score (nSPS) is 16.5. The minimum atomic E-state index is -0.449. The molecule has 0 bridgehead atoms. The number of ether oxygens (including phenoxy) is 1. The van der Waals surface area contributed by atoms with Crippen molar-refractivity contribution in [2.45, 2.75) is 64.5 Å². The lowest BCUT2D eigenvalue weighted by molar-refractivity contribution is -0.136. The summed E-state index contributed by atoms with van der Waals surface area (Å²) in [5, 5.41) is 12.5. The largest absolute Gasteiger partial charge is 0.491 e. The molecule has 3 rings (SSSR count). The van der Waals surface area contributed by atoms with Crippen LogP contribution in [0.5, 0.6) is 5.75 Å². The first-order chi connectivity index (χ1) is 16.4. The van der Waals surface area contributed by atoms with E-state index >= 15 is 0 Å². The van der Waals surface area contributed by atoms with Gasteiger partial charge in [0.15, 0.2) is 0 Å². The van der Waals surface area contributed by atoms with Crippen molar-refractivity contribution >= 4 is 17.2 Å². The maximum absolute atomic E-state index is 13.5. The van der Waals surface area contributed by atoms with Crippen molar-refractivity contribution in [1.82, 2.24) is 9.80 Å². The molecule has 34 heavy (non-hydrogen) atoms. The third-order valence-corrected chi connectivity index (χ3v) is 7.44. The van der Waals surface area contributed by atoms with Crippen molar-refractivity contribution in [3.63, 3.8) is 0 Å². The van der Waals surface area contributed by atoms with Gasteiger partial charge in [0.25, 0.3) is 0 Å². The van der Waals surface area contributed by atoms with E-state index in [2.05, 4.69) is 55.8 Å². The average molecular weight is 485 g/mol. The summed E-state index contributed by atoms with van der Waals surface area (Å²) in [5.74, 6) is 1.41. The highest BCUT2D eigenvalue weighted by molar-refractivity contribution is 7.10. The van der Waals surface area contributed by atoms with Gasteiger partial charge in [0, 0.05) is 18.0 Å². The standard InChI is InChI=1S/C28H40N2O3S/c1-5-7-8-23(31)18-29(15-6-2)19-28(32)30-16-13-27-25(14-17-34-27)26(30)20-33-24-11-9-22(10-12-24)21(3)4/h5,9-12,14,17,21,23,26,31H,1,6-8,13,15-16,18-20H2,2-4H3. The molecule has 1 amide bonds. The molecule has 0 spiro atoms. The highest BCUT2D eigenvalue weighted by atomic mass is 32.1. The van der Waals surface area contributed by atoms with Crippen LogP contribution in [0.15, 0.2) is 48.4 Å². The van der Waals surface area contributed by atoms with E-state index in [1.807, 2.05) is 23.1 Å². The molecule has 0 radical (unpaired) electrons. The van der Waals surface area contributed by atoms with E-state index in [1.165, 1.54) is 16.0 Å². The smallest absolute Gasteiger partial charge is 0.237 e. The number of fused-ring (bicyclic) bond motifs is 1. The maximum atomic E-state index is 13.5. The Morgan fingerprint density at radius 3 is 2.76 bits per heavy atom. The van der Waals surface area contributed by atoms with Crippen LogP contribution in [-0.2, 0) is 11.2 Å². The van der Waals surface area contributed by atoms with Crippen molar-refractivity contribution in [1.29, 1.82) is 0 Å². The number of thiophene rings is 1. The van der Waals surface area contributed by atoms with Gasteiger partial charge >= 0.3 is 0 Å². The maximum Gasteiger partial charge on any atom is 0.237 e. The lowest BCUT2D eigenvalue weighted by Crippen LogP contribution is -2.47. The number of aliphatic hydroxyl groups excluding tert-OH is 1. The minimum Gasteiger partial charge on any atom is -0.491 e. The molecule has 6 heteroatoms. The monoisotopic (exact) mass is 484 g/mol. The van der Waals surface area contributed by atoms with Gasteiger partial charge in [0.2, 0.25) is 5.91 Å². The van der Waals surface area contributed by atoms with Crippen LogP contribution in [0, 0.1) is 0 Å². The Bertz CT molecular complexity index is 909. The number of aliphatic hydroxyl groups is 1. The second kappa shape index (κ2) is 13.1. The third-order valence-electron chi connectivity index (χ3n) is 6.44. The summed E-state index contributed by atoms with van der Waals surface area (Å²) in [7, 11) is 0. The van der Waals surface area contributed by atoms with Gasteiger partial charge in [-0.15, -0.1) is 17.9 Å². The van der Waals surface area contributed by atoms with E-state index in [1.54, 1.807) is 11.3 Å². The summed E-state index contributed by atoms with van der Waals surface area (Å²) < 4.78 is 6.20. The number of amides is 1. The van der Waals surface area contributed by atoms with Crippen LogP contribution in [0.4, 0.5) is 0 Å². The van der Waals surface area contributed by atoms with Gasteiger partial charge in [0.1, 0.15) is 12.4 Å². The van der Waals surface area contributed by atoms with Crippen molar-refractivity contribution < 1.29 is 14.6 Å². The average Bonchev–Trinajstić information content (AvgIpc) is 3.30. The Morgan fingerprint density at radius 1 is 1.32 bits per heavy atom. The highest BCUT2D eigenvalue weighted by Gasteiger charge is 2.33. The van der Waals surface area contributed by atoms with Gasteiger partial charge in [0.05, 0.1) is 18.7 Å². The van der Waals surface area contributed by atoms with Gasteiger partial charge in [-0.3, -0.25) is 9.69 Å². The van der Waals surface area contributed by atoms with Crippen LogP contribution >= 0.6 is 11.3 Å². The van der Waals surface area contributed by atoms with E-state index in [0.717, 1.165) is 31.6 Å². The molecule has 1 aliphatic rings. The van der Waals surface area contributed by atoms with Crippen molar-refractivity contribution in [3.05, 3.63) is 64.4 Å². The Morgan fingerprint density at radius 2 is 2.09 bits per heavy atom. The Balaban J connectivity index is 1.69. The summed E-state index contributed by atoms with van der Waals surface area (Å²) in [4.78, 5) is 18.9. The molecule has 1 aliphatic heterocycles. The molecule has 0 saturated heterocycles. The second-order valence-corrected chi connectivity index (χ2v) is 10.4. The van der Waals surface area contributed by atoms with Crippen LogP contribution in [0.1, 0.15) is 68.0 Å². The quantitative estimate of drug-likeness (QED) is 0.386. The molecular formula is C28H40N2O3S. The first-order valence-electron chi connectivity index (χ1n) is 12.5. The number of hydrogen-bond donors (Lipinski definition) is 1. The Kier molecular flexibility index (Phi) is 10.2. The van der Waals surface area contributed by atoms with Crippen LogP contribution < -0.4 is 4.74 Å². The number of benzene rings is 1. The third kappa shape index (κ3) is 7.17. The summed E-state index contributed by atoms with van der Waals surface area (Å²) >= 11 is 1.76. The summed E-state index contributed by atoms with van der Waals surface area (Å²) in [6.45, 7) is 13.0. The van der Waals surface area contributed by atoms with E-state index < -0.39 is 6.10 Å². The Hall–Kier alpha value is -2.15. The molecule has 0 aliphatic carbocycles. The molecule has 2 aromatic rings. The first kappa shape index (κ1) is 26.5. The lowest BCUT2D eigenvalue weighted by atomic mass is 10.00. The molecule has 2 unspecified atom stereocenters. The fraction of sp³-hybridized carbons (Fsp3) is 0.536. The molecule has 0 fully saturated rings. The molecule has 2 atom stereocenters. The SMILES string of the molecule is C=CCCC(O)CN(CCC)CC(=O)N1CCc2sccc2C1COc1ccc(C(C)C)cc1. The zero-order valence-corrected chi connectivity index (χ0v) is 21.7. The van der Waals surface area contributed by atoms with E-state index in [-0.39, 0.29) is 11.9 Å². The van der Waals surface area contributed by atoms with Gasteiger partial charge in [-0.2, -0.15) is 0 Å². The predicted molar refractivity (Wildman–Crippen MR) is 141 cm³/mol. The van der Waals surface area contributed by atoms with Gasteiger partial charge in [-0.1, -0.05) is 39.0 Å². The number of rotatable bonds is 13. The minimum absolute atomic E-state index is 0.0959. The predicted octanol–water partition coefficient (Wildman–Crippen LogP) is 5.42. The zero-order chi connectivity index (χ0) is 24.5. The zero-order valence-electron chi connectivity index (χ0n) is 20.9. The lowest BCUT2D eigenvalue weighted by Gasteiger charge is -2.37. The van der Waals surface area contributed by atoms with Gasteiger partial charge < -0.3 is 14.7 Å². The topological polar surface area (TPSA) is 53.0 Å². The molecule has 186 valence electrons. The molecule has 0 saturated carbocycles. The van der Waals surface area contributed by atoms with E-state index in [9.17, 15) is 9.90 Å². The number of nitrogens with zero attached hydrogens (tertiary/aromatic N) is 2. The molecule has 1 N–H and O–H groups in total. The van der Waals surface area contributed by atoms with E-state index in [4.69, 9.17) is 4.74 Å². The molecular weight excluding hydrogens is 444 g/mol.